The highest BCUT2D eigenvalue weighted by Gasteiger charge is 2.29. The second-order valence-corrected chi connectivity index (χ2v) is 8.14. The van der Waals surface area contributed by atoms with Gasteiger partial charge in [-0.15, -0.1) is 11.8 Å². The standard InChI is InChI=1S/C22H24N2O4S/c1-3-16(15-10-8-14(2)9-11-15)23-20(25)13-28-21(26)12-19-22(27)24-17-6-4-5-7-18(17)29-19/h4-11,16,19H,3,12-13H2,1-2H3,(H,23,25)(H,24,27)/t16-,19-/m1/s1. The Kier molecular flexibility index (Phi) is 6.93. The number of benzene rings is 2. The van der Waals surface area contributed by atoms with Crippen LogP contribution in [0, 0.1) is 6.92 Å². The maximum atomic E-state index is 12.2. The van der Waals surface area contributed by atoms with E-state index in [1.165, 1.54) is 11.8 Å². The molecule has 2 atom stereocenters. The zero-order valence-electron chi connectivity index (χ0n) is 16.4. The van der Waals surface area contributed by atoms with Crippen molar-refractivity contribution in [2.75, 3.05) is 11.9 Å². The second-order valence-electron chi connectivity index (χ2n) is 6.90. The Hall–Kier alpha value is -2.80. The SMILES string of the molecule is CC[C@@H](NC(=O)COC(=O)C[C@H]1Sc2ccccc2NC1=O)c1ccc(C)cc1. The molecular weight excluding hydrogens is 388 g/mol. The third kappa shape index (κ3) is 5.60. The van der Waals surface area contributed by atoms with Crippen molar-refractivity contribution in [1.82, 2.24) is 5.32 Å². The van der Waals surface area contributed by atoms with Crippen LogP contribution in [0.15, 0.2) is 53.4 Å². The maximum Gasteiger partial charge on any atom is 0.307 e. The van der Waals surface area contributed by atoms with Crippen LogP contribution in [-0.2, 0) is 19.1 Å². The lowest BCUT2D eigenvalue weighted by Gasteiger charge is -2.23. The van der Waals surface area contributed by atoms with E-state index in [1.54, 1.807) is 0 Å². The van der Waals surface area contributed by atoms with Crippen molar-refractivity contribution in [3.05, 3.63) is 59.7 Å². The minimum atomic E-state index is -0.574. The largest absolute Gasteiger partial charge is 0.456 e. The number of amides is 2. The van der Waals surface area contributed by atoms with E-state index >= 15 is 0 Å². The number of aryl methyl sites for hydroxylation is 1. The summed E-state index contributed by atoms with van der Waals surface area (Å²) < 4.78 is 5.10. The number of nitrogens with one attached hydrogen (secondary N) is 2. The minimum absolute atomic E-state index is 0.0900. The maximum absolute atomic E-state index is 12.2. The summed E-state index contributed by atoms with van der Waals surface area (Å²) in [5.74, 6) is -1.17. The van der Waals surface area contributed by atoms with E-state index in [2.05, 4.69) is 10.6 Å². The van der Waals surface area contributed by atoms with Gasteiger partial charge in [-0.2, -0.15) is 0 Å². The van der Waals surface area contributed by atoms with Gasteiger partial charge in [0.1, 0.15) is 0 Å². The van der Waals surface area contributed by atoms with Gasteiger partial charge >= 0.3 is 5.97 Å². The summed E-state index contributed by atoms with van der Waals surface area (Å²) in [5, 5.41) is 5.10. The lowest BCUT2D eigenvalue weighted by molar-refractivity contribution is -0.149. The number of hydrogen-bond donors (Lipinski definition) is 2. The van der Waals surface area contributed by atoms with E-state index < -0.39 is 11.2 Å². The molecule has 1 aliphatic rings. The Morgan fingerprint density at radius 3 is 2.62 bits per heavy atom. The molecule has 3 rings (SSSR count). The van der Waals surface area contributed by atoms with E-state index in [4.69, 9.17) is 4.74 Å². The Morgan fingerprint density at radius 2 is 1.90 bits per heavy atom. The van der Waals surface area contributed by atoms with Crippen LogP contribution in [0.1, 0.15) is 36.9 Å². The van der Waals surface area contributed by atoms with Crippen molar-refractivity contribution >= 4 is 35.2 Å². The summed E-state index contributed by atoms with van der Waals surface area (Å²) in [6, 6.07) is 15.2. The Balaban J connectivity index is 1.48. The molecule has 0 aliphatic carbocycles. The molecule has 152 valence electrons. The van der Waals surface area contributed by atoms with Gasteiger partial charge in [-0.25, -0.2) is 0 Å². The van der Waals surface area contributed by atoms with E-state index in [1.807, 2.05) is 62.4 Å². The number of para-hydroxylation sites is 1. The van der Waals surface area contributed by atoms with E-state index in [0.717, 1.165) is 28.1 Å². The fourth-order valence-electron chi connectivity index (χ4n) is 3.04. The van der Waals surface area contributed by atoms with Gasteiger partial charge in [0.15, 0.2) is 6.61 Å². The Labute approximate surface area is 174 Å². The molecule has 2 N–H and O–H groups in total. The van der Waals surface area contributed by atoms with Crippen molar-refractivity contribution in [2.45, 2.75) is 42.9 Å². The first kappa shape index (κ1) is 20.9. The quantitative estimate of drug-likeness (QED) is 0.679. The van der Waals surface area contributed by atoms with Crippen LogP contribution in [-0.4, -0.2) is 29.6 Å². The average molecular weight is 413 g/mol. The fourth-order valence-corrected chi connectivity index (χ4v) is 4.13. The molecule has 2 aromatic carbocycles. The highest BCUT2D eigenvalue weighted by atomic mass is 32.2. The summed E-state index contributed by atoms with van der Waals surface area (Å²) >= 11 is 1.33. The molecule has 2 amide bonds. The van der Waals surface area contributed by atoms with Crippen LogP contribution < -0.4 is 10.6 Å². The number of carbonyl (C=O) groups is 3. The highest BCUT2D eigenvalue weighted by molar-refractivity contribution is 8.01. The molecule has 2 aromatic rings. The molecule has 1 aliphatic heterocycles. The van der Waals surface area contributed by atoms with Crippen molar-refractivity contribution in [1.29, 1.82) is 0 Å². The smallest absolute Gasteiger partial charge is 0.307 e. The van der Waals surface area contributed by atoms with Crippen LogP contribution in [0.2, 0.25) is 0 Å². The first-order chi connectivity index (χ1) is 14.0. The van der Waals surface area contributed by atoms with Crippen LogP contribution in [0.3, 0.4) is 0 Å². The predicted molar refractivity (Wildman–Crippen MR) is 113 cm³/mol. The van der Waals surface area contributed by atoms with Crippen LogP contribution >= 0.6 is 11.8 Å². The van der Waals surface area contributed by atoms with Crippen molar-refractivity contribution in [3.63, 3.8) is 0 Å². The molecular formula is C22H24N2O4S. The summed E-state index contributed by atoms with van der Waals surface area (Å²) in [7, 11) is 0. The van der Waals surface area contributed by atoms with Crippen molar-refractivity contribution in [2.24, 2.45) is 0 Å². The molecule has 7 heteroatoms. The van der Waals surface area contributed by atoms with Gasteiger partial charge in [0.05, 0.1) is 23.4 Å². The lowest BCUT2D eigenvalue weighted by Crippen LogP contribution is -2.34. The topological polar surface area (TPSA) is 84.5 Å². The van der Waals surface area contributed by atoms with Gasteiger partial charge in [-0.1, -0.05) is 48.9 Å². The van der Waals surface area contributed by atoms with Gasteiger partial charge in [-0.05, 0) is 31.0 Å². The number of anilines is 1. The number of ether oxygens (including phenoxy) is 1. The van der Waals surface area contributed by atoms with Gasteiger partial charge in [-0.3, -0.25) is 14.4 Å². The summed E-state index contributed by atoms with van der Waals surface area (Å²) in [5.41, 5.74) is 2.90. The van der Waals surface area contributed by atoms with Crippen molar-refractivity contribution < 1.29 is 19.1 Å². The number of hydrogen-bond acceptors (Lipinski definition) is 5. The molecule has 0 fully saturated rings. The van der Waals surface area contributed by atoms with Crippen LogP contribution in [0.5, 0.6) is 0 Å². The van der Waals surface area contributed by atoms with E-state index in [-0.39, 0.29) is 30.9 Å². The van der Waals surface area contributed by atoms with Gasteiger partial charge < -0.3 is 15.4 Å². The molecule has 0 saturated carbocycles. The highest BCUT2D eigenvalue weighted by Crippen LogP contribution is 2.36. The molecule has 0 aromatic heterocycles. The third-order valence-electron chi connectivity index (χ3n) is 4.65. The summed E-state index contributed by atoms with van der Waals surface area (Å²) in [6.07, 6.45) is 0.633. The van der Waals surface area contributed by atoms with Crippen molar-refractivity contribution in [3.8, 4) is 0 Å². The number of carbonyl (C=O) groups excluding carboxylic acids is 3. The van der Waals surface area contributed by atoms with Gasteiger partial charge in [0.2, 0.25) is 5.91 Å². The third-order valence-corrected chi connectivity index (χ3v) is 5.92. The zero-order valence-corrected chi connectivity index (χ0v) is 17.3. The normalized spacial score (nSPS) is 16.3. The van der Waals surface area contributed by atoms with Crippen LogP contribution in [0.25, 0.3) is 0 Å². The lowest BCUT2D eigenvalue weighted by atomic mass is 10.0. The Morgan fingerprint density at radius 1 is 1.17 bits per heavy atom. The average Bonchev–Trinajstić information content (AvgIpc) is 2.72. The number of fused-ring (bicyclic) bond motifs is 1. The second kappa shape index (κ2) is 9.60. The van der Waals surface area contributed by atoms with Gasteiger partial charge in [0.25, 0.3) is 5.91 Å². The number of thioether (sulfide) groups is 1. The molecule has 6 nitrogen and oxygen atoms in total. The summed E-state index contributed by atoms with van der Waals surface area (Å²) in [6.45, 7) is 3.62. The summed E-state index contributed by atoms with van der Waals surface area (Å²) in [4.78, 5) is 37.4. The molecule has 0 unspecified atom stereocenters. The van der Waals surface area contributed by atoms with E-state index in [0.29, 0.717) is 0 Å². The molecule has 1 heterocycles. The monoisotopic (exact) mass is 412 g/mol. The minimum Gasteiger partial charge on any atom is -0.456 e. The predicted octanol–water partition coefficient (Wildman–Crippen LogP) is 3.61. The van der Waals surface area contributed by atoms with E-state index in [9.17, 15) is 14.4 Å². The van der Waals surface area contributed by atoms with Crippen LogP contribution in [0.4, 0.5) is 5.69 Å². The number of rotatable bonds is 7. The Bertz CT molecular complexity index is 898. The fraction of sp³-hybridized carbons (Fsp3) is 0.318. The first-order valence-corrected chi connectivity index (χ1v) is 10.4. The number of esters is 1. The molecule has 29 heavy (non-hydrogen) atoms. The first-order valence-electron chi connectivity index (χ1n) is 9.54. The van der Waals surface area contributed by atoms with Gasteiger partial charge in [0, 0.05) is 4.90 Å². The molecule has 0 radical (unpaired) electrons. The molecule has 0 spiro atoms. The molecule has 0 saturated heterocycles. The zero-order chi connectivity index (χ0) is 20.8. The molecule has 0 bridgehead atoms.